The Balaban J connectivity index is 1.77. The Morgan fingerprint density at radius 1 is 1.06 bits per heavy atom. The highest BCUT2D eigenvalue weighted by molar-refractivity contribution is 7.92. The number of nitrogens with zero attached hydrogens (tertiary/aromatic N) is 2. The zero-order chi connectivity index (χ0) is 22.4. The number of benzene rings is 3. The second kappa shape index (κ2) is 9.32. The minimum atomic E-state index is -3.88. The van der Waals surface area contributed by atoms with Gasteiger partial charge in [-0.3, -0.25) is 9.52 Å². The molecule has 0 aliphatic heterocycles. The van der Waals surface area contributed by atoms with E-state index in [1.165, 1.54) is 30.2 Å². The summed E-state index contributed by atoms with van der Waals surface area (Å²) in [6.45, 7) is 0.287. The Hall–Kier alpha value is -3.83. The van der Waals surface area contributed by atoms with Crippen molar-refractivity contribution in [2.75, 3.05) is 18.9 Å². The highest BCUT2D eigenvalue weighted by atomic mass is 32.2. The molecule has 158 valence electrons. The lowest BCUT2D eigenvalue weighted by Gasteiger charge is -2.18. The molecule has 1 N–H and O–H groups in total. The zero-order valence-electron chi connectivity index (χ0n) is 17.1. The Morgan fingerprint density at radius 2 is 1.77 bits per heavy atom. The normalized spacial score (nSPS) is 10.7. The van der Waals surface area contributed by atoms with Crippen molar-refractivity contribution in [1.82, 2.24) is 4.90 Å². The monoisotopic (exact) mass is 435 g/mol. The molecule has 1 amide bonds. The minimum absolute atomic E-state index is 0.0194. The summed E-state index contributed by atoms with van der Waals surface area (Å²) in [6, 6.07) is 21.4. The Morgan fingerprint density at radius 3 is 2.45 bits per heavy atom. The molecule has 0 saturated carbocycles. The maximum Gasteiger partial charge on any atom is 0.261 e. The average Bonchev–Trinajstić information content (AvgIpc) is 2.79. The number of ether oxygens (including phenoxy) is 1. The van der Waals surface area contributed by atoms with Crippen LogP contribution in [0.2, 0.25) is 0 Å². The summed E-state index contributed by atoms with van der Waals surface area (Å²) in [7, 11) is -0.730. The van der Waals surface area contributed by atoms with Gasteiger partial charge in [0.2, 0.25) is 0 Å². The number of anilines is 1. The van der Waals surface area contributed by atoms with E-state index >= 15 is 0 Å². The lowest BCUT2D eigenvalue weighted by molar-refractivity contribution is 0.0785. The van der Waals surface area contributed by atoms with Gasteiger partial charge < -0.3 is 9.64 Å². The Kier molecular flexibility index (Phi) is 6.58. The summed E-state index contributed by atoms with van der Waals surface area (Å²) in [5, 5.41) is 9.02. The van der Waals surface area contributed by atoms with Crippen LogP contribution in [0, 0.1) is 11.3 Å². The van der Waals surface area contributed by atoms with Gasteiger partial charge in [0.25, 0.3) is 15.9 Å². The fourth-order valence-electron chi connectivity index (χ4n) is 2.97. The first kappa shape index (κ1) is 21.9. The van der Waals surface area contributed by atoms with Crippen molar-refractivity contribution in [3.8, 4) is 11.8 Å². The van der Waals surface area contributed by atoms with Gasteiger partial charge in [-0.1, -0.05) is 18.2 Å². The molecular weight excluding hydrogens is 414 g/mol. The first-order valence-electron chi connectivity index (χ1n) is 9.34. The Bertz CT molecular complexity index is 1230. The van der Waals surface area contributed by atoms with E-state index in [4.69, 9.17) is 10.00 Å². The van der Waals surface area contributed by atoms with Crippen LogP contribution in [0.1, 0.15) is 21.5 Å². The van der Waals surface area contributed by atoms with Crippen molar-refractivity contribution in [3.63, 3.8) is 0 Å². The van der Waals surface area contributed by atoms with E-state index in [9.17, 15) is 13.2 Å². The van der Waals surface area contributed by atoms with Crippen molar-refractivity contribution < 1.29 is 17.9 Å². The highest BCUT2D eigenvalue weighted by Crippen LogP contribution is 2.20. The van der Waals surface area contributed by atoms with Crippen molar-refractivity contribution in [1.29, 1.82) is 5.26 Å². The number of hydrogen-bond acceptors (Lipinski definition) is 5. The number of amides is 1. The lowest BCUT2D eigenvalue weighted by Crippen LogP contribution is -2.26. The number of hydrogen-bond donors (Lipinski definition) is 1. The van der Waals surface area contributed by atoms with Crippen LogP contribution in [-0.4, -0.2) is 33.4 Å². The highest BCUT2D eigenvalue weighted by Gasteiger charge is 2.18. The fourth-order valence-corrected chi connectivity index (χ4v) is 4.08. The minimum Gasteiger partial charge on any atom is -0.497 e. The lowest BCUT2D eigenvalue weighted by atomic mass is 10.1. The van der Waals surface area contributed by atoms with Gasteiger partial charge >= 0.3 is 0 Å². The van der Waals surface area contributed by atoms with Crippen LogP contribution >= 0.6 is 0 Å². The SMILES string of the molecule is COc1ccc(NS(=O)(=O)c2cccc(C(=O)N(C)Cc3cccc(C#N)c3)c2)cc1. The number of nitriles is 1. The summed E-state index contributed by atoms with van der Waals surface area (Å²) in [6.07, 6.45) is 0. The topological polar surface area (TPSA) is 99.5 Å². The molecule has 0 radical (unpaired) electrons. The predicted octanol–water partition coefficient (Wildman–Crippen LogP) is 3.64. The van der Waals surface area contributed by atoms with Crippen molar-refractivity contribution in [2.45, 2.75) is 11.4 Å². The number of sulfonamides is 1. The summed E-state index contributed by atoms with van der Waals surface area (Å²) < 4.78 is 33.1. The van der Waals surface area contributed by atoms with Gasteiger partial charge in [-0.05, 0) is 60.2 Å². The van der Waals surface area contributed by atoms with Crippen molar-refractivity contribution in [3.05, 3.63) is 89.5 Å². The maximum absolute atomic E-state index is 12.8. The van der Waals surface area contributed by atoms with Gasteiger partial charge in [-0.2, -0.15) is 5.26 Å². The van der Waals surface area contributed by atoms with E-state index in [1.807, 2.05) is 6.07 Å². The third kappa shape index (κ3) is 5.41. The van der Waals surface area contributed by atoms with Crippen LogP contribution in [0.15, 0.2) is 77.7 Å². The van der Waals surface area contributed by atoms with Crippen LogP contribution in [0.4, 0.5) is 5.69 Å². The quantitative estimate of drug-likeness (QED) is 0.611. The predicted molar refractivity (Wildman–Crippen MR) is 117 cm³/mol. The number of nitrogens with one attached hydrogen (secondary N) is 1. The molecule has 0 bridgehead atoms. The van der Waals surface area contributed by atoms with Crippen LogP contribution in [0.5, 0.6) is 5.75 Å². The summed E-state index contributed by atoms with van der Waals surface area (Å²) in [5.41, 5.74) is 1.94. The molecule has 0 fully saturated rings. The zero-order valence-corrected chi connectivity index (χ0v) is 17.9. The molecule has 0 aromatic heterocycles. The smallest absolute Gasteiger partial charge is 0.261 e. The van der Waals surface area contributed by atoms with Crippen LogP contribution in [0.3, 0.4) is 0 Å². The van der Waals surface area contributed by atoms with E-state index in [2.05, 4.69) is 10.8 Å². The van der Waals surface area contributed by atoms with Crippen LogP contribution in [-0.2, 0) is 16.6 Å². The Labute approximate surface area is 181 Å². The van der Waals surface area contributed by atoms with E-state index in [0.29, 0.717) is 17.0 Å². The fraction of sp³-hybridized carbons (Fsp3) is 0.130. The van der Waals surface area contributed by atoms with Gasteiger partial charge in [-0.25, -0.2) is 8.42 Å². The third-order valence-corrected chi connectivity index (χ3v) is 5.94. The van der Waals surface area contributed by atoms with Crippen molar-refractivity contribution in [2.24, 2.45) is 0 Å². The third-order valence-electron chi connectivity index (χ3n) is 4.56. The molecule has 0 spiro atoms. The first-order chi connectivity index (χ1) is 14.8. The molecule has 0 atom stereocenters. The molecule has 3 aromatic rings. The molecule has 3 aromatic carbocycles. The molecule has 0 saturated heterocycles. The summed E-state index contributed by atoms with van der Waals surface area (Å²) >= 11 is 0. The van der Waals surface area contributed by atoms with E-state index in [1.54, 1.807) is 55.6 Å². The average molecular weight is 436 g/mol. The molecule has 3 rings (SSSR count). The van der Waals surface area contributed by atoms with E-state index in [0.717, 1.165) is 5.56 Å². The molecule has 0 heterocycles. The van der Waals surface area contributed by atoms with Gasteiger partial charge in [0.15, 0.2) is 0 Å². The van der Waals surface area contributed by atoms with Crippen molar-refractivity contribution >= 4 is 21.6 Å². The standard InChI is InChI=1S/C23H21N3O4S/c1-26(16-18-6-3-5-17(13-18)15-24)23(27)19-7-4-8-22(14-19)31(28,29)25-20-9-11-21(30-2)12-10-20/h3-14,25H,16H2,1-2H3. The first-order valence-corrected chi connectivity index (χ1v) is 10.8. The summed E-state index contributed by atoms with van der Waals surface area (Å²) in [5.74, 6) is 0.280. The van der Waals surface area contributed by atoms with Gasteiger partial charge in [0.05, 0.1) is 23.6 Å². The van der Waals surface area contributed by atoms with E-state index in [-0.39, 0.29) is 22.9 Å². The molecule has 0 aliphatic rings. The molecule has 8 heteroatoms. The van der Waals surface area contributed by atoms with Crippen LogP contribution < -0.4 is 9.46 Å². The second-order valence-electron chi connectivity index (χ2n) is 6.84. The van der Waals surface area contributed by atoms with Gasteiger partial charge in [-0.15, -0.1) is 0 Å². The number of methoxy groups -OCH3 is 1. The number of rotatable bonds is 7. The molecule has 31 heavy (non-hydrogen) atoms. The molecule has 7 nitrogen and oxygen atoms in total. The number of carbonyl (C=O) groups excluding carboxylic acids is 1. The van der Waals surface area contributed by atoms with Crippen LogP contribution in [0.25, 0.3) is 0 Å². The van der Waals surface area contributed by atoms with Gasteiger partial charge in [0, 0.05) is 24.8 Å². The maximum atomic E-state index is 12.8. The largest absolute Gasteiger partial charge is 0.497 e. The molecule has 0 aliphatic carbocycles. The molecule has 0 unspecified atom stereocenters. The van der Waals surface area contributed by atoms with E-state index < -0.39 is 10.0 Å². The molecular formula is C23H21N3O4S. The van der Waals surface area contributed by atoms with Gasteiger partial charge in [0.1, 0.15) is 5.75 Å². The summed E-state index contributed by atoms with van der Waals surface area (Å²) in [4.78, 5) is 14.3. The number of carbonyl (C=O) groups is 1. The second-order valence-corrected chi connectivity index (χ2v) is 8.52.